The van der Waals surface area contributed by atoms with E-state index < -0.39 is 6.10 Å². The van der Waals surface area contributed by atoms with Crippen LogP contribution in [-0.2, 0) is 4.79 Å². The second kappa shape index (κ2) is 10.1. The van der Waals surface area contributed by atoms with E-state index in [2.05, 4.69) is 19.2 Å². The predicted octanol–water partition coefficient (Wildman–Crippen LogP) is 3.80. The van der Waals surface area contributed by atoms with E-state index in [0.29, 0.717) is 11.7 Å². The molecule has 4 nitrogen and oxygen atoms in total. The Balaban J connectivity index is 2.43. The quantitative estimate of drug-likeness (QED) is 0.715. The van der Waals surface area contributed by atoms with Crippen molar-refractivity contribution in [3.05, 3.63) is 24.3 Å². The van der Waals surface area contributed by atoms with Crippen LogP contribution in [0, 0.1) is 5.92 Å². The summed E-state index contributed by atoms with van der Waals surface area (Å²) in [6, 6.07) is 7.29. The van der Waals surface area contributed by atoms with Crippen LogP contribution in [0.15, 0.2) is 24.3 Å². The van der Waals surface area contributed by atoms with Crippen LogP contribution in [0.4, 0.5) is 0 Å². The van der Waals surface area contributed by atoms with Crippen molar-refractivity contribution in [1.82, 2.24) is 5.32 Å². The topological polar surface area (TPSA) is 47.6 Å². The molecule has 0 radical (unpaired) electrons. The lowest BCUT2D eigenvalue weighted by molar-refractivity contribution is -0.127. The first-order chi connectivity index (χ1) is 10.6. The van der Waals surface area contributed by atoms with Gasteiger partial charge in [0.05, 0.1) is 7.11 Å². The number of nitrogens with one attached hydrogen (secondary N) is 1. The number of amides is 1. The summed E-state index contributed by atoms with van der Waals surface area (Å²) < 4.78 is 10.8. The standard InChI is InChI=1S/C18H29NO3/c1-5-7-9-15(6-2)13-19-18(20)14(3)22-17-11-8-10-16(12-17)21-4/h8,10-12,14-15H,5-7,9,13H2,1-4H3,(H,19,20)/t14-,15+/m0/s1. The van der Waals surface area contributed by atoms with E-state index >= 15 is 0 Å². The fourth-order valence-corrected chi connectivity index (χ4v) is 2.26. The Hall–Kier alpha value is -1.71. The van der Waals surface area contributed by atoms with E-state index in [1.807, 2.05) is 18.2 Å². The molecule has 1 aromatic carbocycles. The van der Waals surface area contributed by atoms with Gasteiger partial charge in [0, 0.05) is 12.6 Å². The Morgan fingerprint density at radius 3 is 2.64 bits per heavy atom. The van der Waals surface area contributed by atoms with E-state index in [0.717, 1.165) is 18.7 Å². The van der Waals surface area contributed by atoms with Crippen molar-refractivity contribution in [1.29, 1.82) is 0 Å². The van der Waals surface area contributed by atoms with Crippen molar-refractivity contribution in [2.24, 2.45) is 5.92 Å². The lowest BCUT2D eigenvalue weighted by Gasteiger charge is -2.18. The Kier molecular flexibility index (Phi) is 8.41. The Morgan fingerprint density at radius 1 is 1.27 bits per heavy atom. The zero-order valence-corrected chi connectivity index (χ0v) is 14.2. The molecule has 2 atom stereocenters. The van der Waals surface area contributed by atoms with Crippen LogP contribution in [0.25, 0.3) is 0 Å². The molecule has 1 aromatic rings. The molecule has 124 valence electrons. The average Bonchev–Trinajstić information content (AvgIpc) is 2.54. The molecule has 0 saturated heterocycles. The van der Waals surface area contributed by atoms with Crippen LogP contribution < -0.4 is 14.8 Å². The van der Waals surface area contributed by atoms with E-state index in [-0.39, 0.29) is 5.91 Å². The molecule has 0 aliphatic heterocycles. The molecule has 1 amide bonds. The van der Waals surface area contributed by atoms with Crippen LogP contribution in [-0.4, -0.2) is 25.7 Å². The average molecular weight is 307 g/mol. The summed E-state index contributed by atoms with van der Waals surface area (Å²) in [7, 11) is 1.61. The van der Waals surface area contributed by atoms with Crippen LogP contribution in [0.1, 0.15) is 46.5 Å². The van der Waals surface area contributed by atoms with Crippen LogP contribution >= 0.6 is 0 Å². The Labute approximate surface area is 134 Å². The van der Waals surface area contributed by atoms with Crippen molar-refractivity contribution >= 4 is 5.91 Å². The van der Waals surface area contributed by atoms with Crippen molar-refractivity contribution in [2.75, 3.05) is 13.7 Å². The maximum Gasteiger partial charge on any atom is 0.260 e. The molecule has 22 heavy (non-hydrogen) atoms. The van der Waals surface area contributed by atoms with Gasteiger partial charge in [-0.1, -0.05) is 39.2 Å². The highest BCUT2D eigenvalue weighted by atomic mass is 16.5. The highest BCUT2D eigenvalue weighted by Gasteiger charge is 2.16. The van der Waals surface area contributed by atoms with Gasteiger partial charge in [-0.25, -0.2) is 0 Å². The summed E-state index contributed by atoms with van der Waals surface area (Å²) in [5, 5.41) is 3.00. The van der Waals surface area contributed by atoms with Gasteiger partial charge in [-0.2, -0.15) is 0 Å². The summed E-state index contributed by atoms with van der Waals surface area (Å²) in [5.74, 6) is 1.83. The smallest absolute Gasteiger partial charge is 0.260 e. The first-order valence-electron chi connectivity index (χ1n) is 8.19. The lowest BCUT2D eigenvalue weighted by atomic mass is 9.99. The fraction of sp³-hybridized carbons (Fsp3) is 0.611. The van der Waals surface area contributed by atoms with Crippen molar-refractivity contribution in [3.63, 3.8) is 0 Å². The van der Waals surface area contributed by atoms with Gasteiger partial charge in [0.2, 0.25) is 0 Å². The van der Waals surface area contributed by atoms with Gasteiger partial charge in [-0.05, 0) is 31.4 Å². The third-order valence-electron chi connectivity index (χ3n) is 3.83. The SMILES string of the molecule is CCCC[C@@H](CC)CNC(=O)[C@H](C)Oc1cccc(OC)c1. The summed E-state index contributed by atoms with van der Waals surface area (Å²) in [6.07, 6.45) is 4.14. The molecule has 0 aromatic heterocycles. The summed E-state index contributed by atoms with van der Waals surface area (Å²) >= 11 is 0. The first-order valence-corrected chi connectivity index (χ1v) is 8.19. The molecule has 0 unspecified atom stereocenters. The minimum Gasteiger partial charge on any atom is -0.497 e. The fourth-order valence-electron chi connectivity index (χ4n) is 2.26. The molecular formula is C18H29NO3. The van der Waals surface area contributed by atoms with Gasteiger partial charge in [0.15, 0.2) is 6.10 Å². The number of methoxy groups -OCH3 is 1. The first kappa shape index (κ1) is 18.3. The summed E-state index contributed by atoms with van der Waals surface area (Å²) in [4.78, 5) is 12.1. The molecule has 0 aliphatic carbocycles. The van der Waals surface area contributed by atoms with Gasteiger partial charge in [0.1, 0.15) is 11.5 Å². The number of unbranched alkanes of at least 4 members (excludes halogenated alkanes) is 1. The number of benzene rings is 1. The van der Waals surface area contributed by atoms with E-state index in [4.69, 9.17) is 9.47 Å². The van der Waals surface area contributed by atoms with Gasteiger partial charge < -0.3 is 14.8 Å². The molecule has 1 N–H and O–H groups in total. The minimum atomic E-state index is -0.518. The van der Waals surface area contributed by atoms with Gasteiger partial charge >= 0.3 is 0 Å². The molecule has 0 heterocycles. The molecule has 0 bridgehead atoms. The van der Waals surface area contributed by atoms with Crippen LogP contribution in [0.5, 0.6) is 11.5 Å². The van der Waals surface area contributed by atoms with Crippen molar-refractivity contribution in [3.8, 4) is 11.5 Å². The zero-order chi connectivity index (χ0) is 16.4. The van der Waals surface area contributed by atoms with Gasteiger partial charge in [-0.3, -0.25) is 4.79 Å². The number of hydrogen-bond acceptors (Lipinski definition) is 3. The lowest BCUT2D eigenvalue weighted by Crippen LogP contribution is -2.38. The maximum absolute atomic E-state index is 12.1. The number of carbonyl (C=O) groups excluding carboxylic acids is 1. The van der Waals surface area contributed by atoms with Crippen LogP contribution in [0.2, 0.25) is 0 Å². The maximum atomic E-state index is 12.1. The van der Waals surface area contributed by atoms with E-state index in [1.165, 1.54) is 19.3 Å². The zero-order valence-electron chi connectivity index (χ0n) is 14.2. The highest BCUT2D eigenvalue weighted by molar-refractivity contribution is 5.80. The molecule has 4 heteroatoms. The number of ether oxygens (including phenoxy) is 2. The molecule has 0 aliphatic rings. The molecule has 1 rings (SSSR count). The molecular weight excluding hydrogens is 278 g/mol. The van der Waals surface area contributed by atoms with Crippen molar-refractivity contribution < 1.29 is 14.3 Å². The normalized spacial score (nSPS) is 13.3. The largest absolute Gasteiger partial charge is 0.497 e. The third kappa shape index (κ3) is 6.37. The van der Waals surface area contributed by atoms with Gasteiger partial charge in [-0.15, -0.1) is 0 Å². The van der Waals surface area contributed by atoms with Crippen molar-refractivity contribution in [2.45, 2.75) is 52.6 Å². The molecule has 0 spiro atoms. The predicted molar refractivity (Wildman–Crippen MR) is 89.4 cm³/mol. The number of rotatable bonds is 10. The van der Waals surface area contributed by atoms with Gasteiger partial charge in [0.25, 0.3) is 5.91 Å². The monoisotopic (exact) mass is 307 g/mol. The number of carbonyl (C=O) groups is 1. The number of hydrogen-bond donors (Lipinski definition) is 1. The highest BCUT2D eigenvalue weighted by Crippen LogP contribution is 2.20. The molecule has 0 fully saturated rings. The van der Waals surface area contributed by atoms with Crippen LogP contribution in [0.3, 0.4) is 0 Å². The summed E-state index contributed by atoms with van der Waals surface area (Å²) in [6.45, 7) is 6.85. The third-order valence-corrected chi connectivity index (χ3v) is 3.83. The Morgan fingerprint density at radius 2 is 2.00 bits per heavy atom. The minimum absolute atomic E-state index is 0.0715. The molecule has 0 saturated carbocycles. The summed E-state index contributed by atoms with van der Waals surface area (Å²) in [5.41, 5.74) is 0. The second-order valence-electron chi connectivity index (χ2n) is 5.60. The second-order valence-corrected chi connectivity index (χ2v) is 5.60. The van der Waals surface area contributed by atoms with E-state index in [1.54, 1.807) is 20.1 Å². The Bertz CT molecular complexity index is 448. The van der Waals surface area contributed by atoms with E-state index in [9.17, 15) is 4.79 Å².